The maximum Gasteiger partial charge on any atom is 0.328 e. The topological polar surface area (TPSA) is 110 Å². The number of H-pyrrole nitrogens is 1. The second kappa shape index (κ2) is 9.51. The van der Waals surface area contributed by atoms with Crippen molar-refractivity contribution >= 4 is 11.9 Å². The Morgan fingerprint density at radius 2 is 1.89 bits per heavy atom. The molecule has 27 heavy (non-hydrogen) atoms. The van der Waals surface area contributed by atoms with Gasteiger partial charge in [0.05, 0.1) is 6.04 Å². The van der Waals surface area contributed by atoms with E-state index in [2.05, 4.69) is 5.32 Å². The number of hydrogen-bond acceptors (Lipinski definition) is 5. The van der Waals surface area contributed by atoms with Crippen molar-refractivity contribution < 1.29 is 14.3 Å². The molecule has 1 amide bonds. The molecule has 2 rings (SSSR count). The van der Waals surface area contributed by atoms with E-state index in [4.69, 9.17) is 4.74 Å². The van der Waals surface area contributed by atoms with E-state index in [0.29, 0.717) is 0 Å². The highest BCUT2D eigenvalue weighted by Gasteiger charge is 2.22. The van der Waals surface area contributed by atoms with Crippen LogP contribution in [0.15, 0.2) is 52.2 Å². The molecule has 2 aromatic rings. The highest BCUT2D eigenvalue weighted by atomic mass is 16.5. The van der Waals surface area contributed by atoms with Crippen molar-refractivity contribution in [1.29, 1.82) is 0 Å². The first-order valence-corrected chi connectivity index (χ1v) is 8.75. The standard InChI is InChI=1S/C19H23N3O5/c1-3-7-15(14-8-5-4-6-9-14)20-18(25)13(2)27-17(24)12-22-11-10-16(23)21-19(22)26/h4-6,8-11,13,15H,3,7,12H2,1-2H3,(H,20,25)(H,21,23,26)/t13-,15-/m0/s1. The molecule has 1 aromatic carbocycles. The molecular weight excluding hydrogens is 350 g/mol. The minimum atomic E-state index is -1.01. The molecule has 0 unspecified atom stereocenters. The summed E-state index contributed by atoms with van der Waals surface area (Å²) in [5, 5.41) is 2.89. The molecule has 0 bridgehead atoms. The van der Waals surface area contributed by atoms with Gasteiger partial charge in [-0.25, -0.2) is 4.79 Å². The van der Waals surface area contributed by atoms with Crippen LogP contribution in [-0.2, 0) is 20.9 Å². The van der Waals surface area contributed by atoms with E-state index in [0.717, 1.165) is 29.0 Å². The van der Waals surface area contributed by atoms with E-state index >= 15 is 0 Å². The van der Waals surface area contributed by atoms with E-state index in [9.17, 15) is 19.2 Å². The predicted octanol–water partition coefficient (Wildman–Crippen LogP) is 1.13. The Kier molecular flexibility index (Phi) is 7.10. The van der Waals surface area contributed by atoms with Gasteiger partial charge >= 0.3 is 11.7 Å². The molecular formula is C19H23N3O5. The summed E-state index contributed by atoms with van der Waals surface area (Å²) in [6.07, 6.45) is 1.81. The molecule has 8 heteroatoms. The summed E-state index contributed by atoms with van der Waals surface area (Å²) in [4.78, 5) is 49.1. The smallest absolute Gasteiger partial charge is 0.328 e. The van der Waals surface area contributed by atoms with Crippen LogP contribution in [0.25, 0.3) is 0 Å². The van der Waals surface area contributed by atoms with Crippen LogP contribution in [-0.4, -0.2) is 27.5 Å². The maximum absolute atomic E-state index is 12.4. The minimum absolute atomic E-state index is 0.174. The Labute approximate surface area is 156 Å². The Bertz CT molecular complexity index is 888. The second-order valence-corrected chi connectivity index (χ2v) is 6.13. The van der Waals surface area contributed by atoms with Crippen LogP contribution in [0.3, 0.4) is 0 Å². The van der Waals surface area contributed by atoms with E-state index in [-0.39, 0.29) is 6.04 Å². The van der Waals surface area contributed by atoms with Crippen molar-refractivity contribution in [3.63, 3.8) is 0 Å². The van der Waals surface area contributed by atoms with Crippen LogP contribution in [0.5, 0.6) is 0 Å². The molecule has 0 spiro atoms. The summed E-state index contributed by atoms with van der Waals surface area (Å²) < 4.78 is 6.11. The van der Waals surface area contributed by atoms with Crippen molar-refractivity contribution in [2.45, 2.75) is 45.4 Å². The quantitative estimate of drug-likeness (QED) is 0.674. The molecule has 8 nitrogen and oxygen atoms in total. The molecule has 144 valence electrons. The summed E-state index contributed by atoms with van der Waals surface area (Å²) >= 11 is 0. The van der Waals surface area contributed by atoms with Gasteiger partial charge in [-0.3, -0.25) is 23.9 Å². The van der Waals surface area contributed by atoms with Crippen molar-refractivity contribution in [2.24, 2.45) is 0 Å². The summed E-state index contributed by atoms with van der Waals surface area (Å²) in [5.74, 6) is -1.17. The van der Waals surface area contributed by atoms with Crippen LogP contribution < -0.4 is 16.6 Å². The fourth-order valence-electron chi connectivity index (χ4n) is 2.58. The molecule has 0 aliphatic rings. The van der Waals surface area contributed by atoms with Crippen molar-refractivity contribution in [3.05, 3.63) is 69.0 Å². The SMILES string of the molecule is CCC[C@H](NC(=O)[C@H](C)OC(=O)Cn1ccc(=O)[nH]c1=O)c1ccccc1. The van der Waals surface area contributed by atoms with Crippen molar-refractivity contribution in [1.82, 2.24) is 14.9 Å². The van der Waals surface area contributed by atoms with Gasteiger partial charge in [-0.2, -0.15) is 0 Å². The molecule has 1 aromatic heterocycles. The Hall–Kier alpha value is -3.16. The van der Waals surface area contributed by atoms with Gasteiger partial charge in [0.2, 0.25) is 0 Å². The van der Waals surface area contributed by atoms with Gasteiger partial charge in [0, 0.05) is 12.3 Å². The number of amides is 1. The Balaban J connectivity index is 1.96. The molecule has 1 heterocycles. The second-order valence-electron chi connectivity index (χ2n) is 6.13. The third-order valence-corrected chi connectivity index (χ3v) is 3.97. The van der Waals surface area contributed by atoms with E-state index < -0.39 is 35.8 Å². The molecule has 2 N–H and O–H groups in total. The van der Waals surface area contributed by atoms with Gasteiger partial charge in [0.25, 0.3) is 11.5 Å². The lowest BCUT2D eigenvalue weighted by Crippen LogP contribution is -2.39. The van der Waals surface area contributed by atoms with Gasteiger partial charge in [-0.1, -0.05) is 43.7 Å². The third-order valence-electron chi connectivity index (χ3n) is 3.97. The lowest BCUT2D eigenvalue weighted by Gasteiger charge is -2.21. The monoisotopic (exact) mass is 373 g/mol. The lowest BCUT2D eigenvalue weighted by molar-refractivity contribution is -0.155. The molecule has 2 atom stereocenters. The normalized spacial score (nSPS) is 12.8. The van der Waals surface area contributed by atoms with E-state index in [1.54, 1.807) is 0 Å². The number of carbonyl (C=O) groups excluding carboxylic acids is 2. The molecule has 0 radical (unpaired) electrons. The van der Waals surface area contributed by atoms with Crippen molar-refractivity contribution in [3.8, 4) is 0 Å². The molecule has 0 aliphatic carbocycles. The molecule has 0 aliphatic heterocycles. The van der Waals surface area contributed by atoms with E-state index in [1.165, 1.54) is 13.1 Å². The fraction of sp³-hybridized carbons (Fsp3) is 0.368. The zero-order valence-corrected chi connectivity index (χ0v) is 15.3. The molecule has 0 fully saturated rings. The van der Waals surface area contributed by atoms with E-state index in [1.807, 2.05) is 42.2 Å². The zero-order chi connectivity index (χ0) is 19.8. The summed E-state index contributed by atoms with van der Waals surface area (Å²) in [6, 6.07) is 10.5. The number of esters is 1. The predicted molar refractivity (Wildman–Crippen MR) is 99.1 cm³/mol. The number of nitrogens with zero attached hydrogens (tertiary/aromatic N) is 1. The first-order valence-electron chi connectivity index (χ1n) is 8.75. The maximum atomic E-state index is 12.4. The first-order chi connectivity index (χ1) is 12.9. The van der Waals surface area contributed by atoms with Crippen LogP contribution in [0.1, 0.15) is 38.3 Å². The molecule has 0 saturated heterocycles. The Morgan fingerprint density at radius 3 is 2.52 bits per heavy atom. The first kappa shape index (κ1) is 20.2. The highest BCUT2D eigenvalue weighted by molar-refractivity contribution is 5.83. The fourth-order valence-corrected chi connectivity index (χ4v) is 2.58. The van der Waals surface area contributed by atoms with Crippen LogP contribution in [0.4, 0.5) is 0 Å². The number of aromatic nitrogens is 2. The third kappa shape index (κ3) is 5.95. The van der Waals surface area contributed by atoms with Gasteiger partial charge < -0.3 is 10.1 Å². The highest BCUT2D eigenvalue weighted by Crippen LogP contribution is 2.18. The number of benzene rings is 1. The Morgan fingerprint density at radius 1 is 1.19 bits per heavy atom. The number of carbonyl (C=O) groups is 2. The van der Waals surface area contributed by atoms with Gasteiger partial charge in [0.15, 0.2) is 6.10 Å². The van der Waals surface area contributed by atoms with Crippen LogP contribution >= 0.6 is 0 Å². The van der Waals surface area contributed by atoms with Gasteiger partial charge in [-0.05, 0) is 18.9 Å². The number of rotatable bonds is 8. The number of hydrogen-bond donors (Lipinski definition) is 2. The summed E-state index contributed by atoms with van der Waals surface area (Å²) in [5.41, 5.74) is -0.296. The molecule has 0 saturated carbocycles. The average molecular weight is 373 g/mol. The summed E-state index contributed by atoms with van der Waals surface area (Å²) in [6.45, 7) is 3.09. The van der Waals surface area contributed by atoms with Gasteiger partial charge in [0.1, 0.15) is 6.54 Å². The number of nitrogens with one attached hydrogen (secondary N) is 2. The van der Waals surface area contributed by atoms with Crippen LogP contribution in [0.2, 0.25) is 0 Å². The number of aromatic amines is 1. The number of ether oxygens (including phenoxy) is 1. The zero-order valence-electron chi connectivity index (χ0n) is 15.3. The largest absolute Gasteiger partial charge is 0.451 e. The van der Waals surface area contributed by atoms with Gasteiger partial charge in [-0.15, -0.1) is 0 Å². The lowest BCUT2D eigenvalue weighted by atomic mass is 10.0. The minimum Gasteiger partial charge on any atom is -0.451 e. The summed E-state index contributed by atoms with van der Waals surface area (Å²) in [7, 11) is 0. The van der Waals surface area contributed by atoms with Crippen LogP contribution in [0, 0.1) is 0 Å². The van der Waals surface area contributed by atoms with Crippen molar-refractivity contribution in [2.75, 3.05) is 0 Å². The average Bonchev–Trinajstić information content (AvgIpc) is 2.64.